The van der Waals surface area contributed by atoms with Gasteiger partial charge in [0.15, 0.2) is 0 Å². The van der Waals surface area contributed by atoms with Gasteiger partial charge in [-0.2, -0.15) is 4.99 Å². The number of carbonyl (C=O) groups excluding carboxylic acids is 2. The molecule has 4 heteroatoms. The maximum atomic E-state index is 11.1. The fourth-order valence-electron chi connectivity index (χ4n) is 0.956. The van der Waals surface area contributed by atoms with E-state index in [1.807, 2.05) is 0 Å². The van der Waals surface area contributed by atoms with E-state index in [0.717, 1.165) is 0 Å². The molecule has 0 saturated carbocycles. The Morgan fingerprint density at radius 3 is 3.00 bits per heavy atom. The van der Waals surface area contributed by atoms with Gasteiger partial charge in [0.1, 0.15) is 5.75 Å². The zero-order valence-corrected chi connectivity index (χ0v) is 8.14. The van der Waals surface area contributed by atoms with Gasteiger partial charge in [-0.1, -0.05) is 12.1 Å². The van der Waals surface area contributed by atoms with E-state index in [-0.39, 0.29) is 0 Å². The van der Waals surface area contributed by atoms with Crippen molar-refractivity contribution >= 4 is 17.7 Å². The SMILES string of the molecule is CC=CC(=O)Oc1cccc(N=C=O)c1. The molecule has 0 spiro atoms. The van der Waals surface area contributed by atoms with Gasteiger partial charge in [-0.05, 0) is 19.1 Å². The second-order valence-corrected chi connectivity index (χ2v) is 2.62. The summed E-state index contributed by atoms with van der Waals surface area (Å²) in [5, 5.41) is 0. The van der Waals surface area contributed by atoms with Crippen LogP contribution in [0.4, 0.5) is 5.69 Å². The molecule has 1 aromatic rings. The van der Waals surface area contributed by atoms with Gasteiger partial charge in [-0.25, -0.2) is 9.59 Å². The Balaban J connectivity index is 2.82. The molecule has 0 unspecified atom stereocenters. The van der Waals surface area contributed by atoms with Gasteiger partial charge >= 0.3 is 5.97 Å². The van der Waals surface area contributed by atoms with Crippen molar-refractivity contribution in [2.24, 2.45) is 4.99 Å². The standard InChI is InChI=1S/C11H9NO3/c1-2-4-11(14)15-10-6-3-5-9(7-10)12-8-13/h2-7H,1H3. The van der Waals surface area contributed by atoms with Gasteiger partial charge in [0.2, 0.25) is 6.08 Å². The number of ether oxygens (including phenoxy) is 1. The van der Waals surface area contributed by atoms with E-state index in [9.17, 15) is 9.59 Å². The second kappa shape index (κ2) is 5.52. The summed E-state index contributed by atoms with van der Waals surface area (Å²) >= 11 is 0. The summed E-state index contributed by atoms with van der Waals surface area (Å²) in [6.45, 7) is 1.72. The molecule has 0 atom stereocenters. The molecule has 76 valence electrons. The number of allylic oxidation sites excluding steroid dienone is 1. The number of rotatable bonds is 3. The fourth-order valence-corrected chi connectivity index (χ4v) is 0.956. The third-order valence-corrected chi connectivity index (χ3v) is 1.51. The van der Waals surface area contributed by atoms with Crippen LogP contribution in [-0.2, 0) is 9.59 Å². The van der Waals surface area contributed by atoms with Crippen molar-refractivity contribution in [2.75, 3.05) is 0 Å². The molecule has 0 heterocycles. The minimum atomic E-state index is -0.468. The highest BCUT2D eigenvalue weighted by Gasteiger charge is 2.00. The van der Waals surface area contributed by atoms with E-state index < -0.39 is 5.97 Å². The Labute approximate surface area is 86.9 Å². The van der Waals surface area contributed by atoms with Crippen LogP contribution in [0.1, 0.15) is 6.92 Å². The molecular weight excluding hydrogens is 194 g/mol. The molecule has 4 nitrogen and oxygen atoms in total. The lowest BCUT2D eigenvalue weighted by atomic mass is 10.3. The minimum absolute atomic E-state index is 0.342. The van der Waals surface area contributed by atoms with Gasteiger partial charge in [-0.3, -0.25) is 0 Å². The first kappa shape index (κ1) is 10.9. The van der Waals surface area contributed by atoms with Crippen LogP contribution in [0.3, 0.4) is 0 Å². The normalized spacial score (nSPS) is 9.67. The number of hydrogen-bond donors (Lipinski definition) is 0. The lowest BCUT2D eigenvalue weighted by molar-refractivity contribution is -0.128. The maximum Gasteiger partial charge on any atom is 0.335 e. The monoisotopic (exact) mass is 203 g/mol. The zero-order valence-electron chi connectivity index (χ0n) is 8.14. The lowest BCUT2D eigenvalue weighted by Gasteiger charge is -2.00. The van der Waals surface area contributed by atoms with Crippen LogP contribution in [-0.4, -0.2) is 12.0 Å². The van der Waals surface area contributed by atoms with Crippen molar-refractivity contribution in [3.8, 4) is 5.75 Å². The van der Waals surface area contributed by atoms with Gasteiger partial charge in [0.05, 0.1) is 5.69 Å². The molecule has 1 aromatic carbocycles. The highest BCUT2D eigenvalue weighted by Crippen LogP contribution is 2.19. The summed E-state index contributed by atoms with van der Waals surface area (Å²) in [7, 11) is 0. The van der Waals surface area contributed by atoms with Gasteiger partial charge in [0.25, 0.3) is 0 Å². The van der Waals surface area contributed by atoms with E-state index in [2.05, 4.69) is 4.99 Å². The number of benzene rings is 1. The number of carbonyl (C=O) groups is 1. The van der Waals surface area contributed by atoms with E-state index in [4.69, 9.17) is 4.74 Å². The molecule has 0 aliphatic rings. The van der Waals surface area contributed by atoms with Crippen LogP contribution < -0.4 is 4.74 Å². The van der Waals surface area contributed by atoms with Crippen LogP contribution in [0.25, 0.3) is 0 Å². The van der Waals surface area contributed by atoms with Crippen molar-refractivity contribution < 1.29 is 14.3 Å². The first-order valence-electron chi connectivity index (χ1n) is 4.28. The number of hydrogen-bond acceptors (Lipinski definition) is 4. The molecule has 0 radical (unpaired) electrons. The maximum absolute atomic E-state index is 11.1. The van der Waals surface area contributed by atoms with Crippen molar-refractivity contribution in [2.45, 2.75) is 6.92 Å². The Kier molecular flexibility index (Phi) is 4.01. The third-order valence-electron chi connectivity index (χ3n) is 1.51. The number of nitrogens with zero attached hydrogens (tertiary/aromatic N) is 1. The summed E-state index contributed by atoms with van der Waals surface area (Å²) in [5.74, 6) is -0.126. The molecule has 0 aliphatic heterocycles. The molecule has 0 bridgehead atoms. The second-order valence-electron chi connectivity index (χ2n) is 2.62. The van der Waals surface area contributed by atoms with E-state index in [1.54, 1.807) is 31.2 Å². The first-order chi connectivity index (χ1) is 7.26. The summed E-state index contributed by atoms with van der Waals surface area (Å²) < 4.78 is 4.93. The topological polar surface area (TPSA) is 55.7 Å². The number of aliphatic imine (C=N–C) groups is 1. The van der Waals surface area contributed by atoms with Crippen LogP contribution >= 0.6 is 0 Å². The Hall–Kier alpha value is -2.19. The van der Waals surface area contributed by atoms with Crippen LogP contribution in [0, 0.1) is 0 Å². The summed E-state index contributed by atoms with van der Waals surface area (Å²) in [5.41, 5.74) is 0.399. The molecular formula is C11H9NO3. The predicted molar refractivity (Wildman–Crippen MR) is 54.7 cm³/mol. The summed E-state index contributed by atoms with van der Waals surface area (Å²) in [4.78, 5) is 24.5. The van der Waals surface area contributed by atoms with Crippen LogP contribution in [0.15, 0.2) is 41.4 Å². The van der Waals surface area contributed by atoms with E-state index >= 15 is 0 Å². The zero-order chi connectivity index (χ0) is 11.1. The highest BCUT2D eigenvalue weighted by molar-refractivity contribution is 5.84. The molecule has 0 fully saturated rings. The van der Waals surface area contributed by atoms with E-state index in [0.29, 0.717) is 11.4 Å². The smallest absolute Gasteiger partial charge is 0.335 e. The average molecular weight is 203 g/mol. The van der Waals surface area contributed by atoms with Crippen LogP contribution in [0.5, 0.6) is 5.75 Å². The van der Waals surface area contributed by atoms with Crippen molar-refractivity contribution in [3.05, 3.63) is 36.4 Å². The third kappa shape index (κ3) is 3.58. The fraction of sp³-hybridized carbons (Fsp3) is 0.0909. The van der Waals surface area contributed by atoms with Gasteiger partial charge in [0, 0.05) is 12.1 Å². The molecule has 0 N–H and O–H groups in total. The van der Waals surface area contributed by atoms with Gasteiger partial charge in [-0.15, -0.1) is 0 Å². The van der Waals surface area contributed by atoms with E-state index in [1.165, 1.54) is 18.2 Å². The van der Waals surface area contributed by atoms with Gasteiger partial charge < -0.3 is 4.74 Å². The molecule has 0 aliphatic carbocycles. The van der Waals surface area contributed by atoms with Crippen LogP contribution in [0.2, 0.25) is 0 Å². The highest BCUT2D eigenvalue weighted by atomic mass is 16.5. The molecule has 0 aromatic heterocycles. The predicted octanol–water partition coefficient (Wildman–Crippen LogP) is 2.14. The summed E-state index contributed by atoms with van der Waals surface area (Å²) in [6, 6.07) is 6.32. The van der Waals surface area contributed by atoms with Crippen molar-refractivity contribution in [1.29, 1.82) is 0 Å². The molecule has 0 saturated heterocycles. The average Bonchev–Trinajstić information content (AvgIpc) is 2.19. The Morgan fingerprint density at radius 1 is 1.53 bits per heavy atom. The first-order valence-corrected chi connectivity index (χ1v) is 4.28. The number of esters is 1. The Morgan fingerprint density at radius 2 is 2.33 bits per heavy atom. The molecule has 15 heavy (non-hydrogen) atoms. The Bertz CT molecular complexity index is 431. The summed E-state index contributed by atoms with van der Waals surface area (Å²) in [6.07, 6.45) is 4.29. The minimum Gasteiger partial charge on any atom is -0.423 e. The molecule has 1 rings (SSSR count). The molecule has 0 amide bonds. The largest absolute Gasteiger partial charge is 0.423 e. The quantitative estimate of drug-likeness (QED) is 0.248. The van der Waals surface area contributed by atoms with Crippen molar-refractivity contribution in [3.63, 3.8) is 0 Å². The van der Waals surface area contributed by atoms with Crippen molar-refractivity contribution in [1.82, 2.24) is 0 Å². The lowest BCUT2D eigenvalue weighted by Crippen LogP contribution is -2.03. The number of isocyanates is 1.